The number of amides is 2. The quantitative estimate of drug-likeness (QED) is 0.630. The van der Waals surface area contributed by atoms with E-state index >= 15 is 0 Å². The minimum atomic E-state index is -2.86. The zero-order valence-electron chi connectivity index (χ0n) is 8.98. The fraction of sp³-hybridized carbons (Fsp3) is 0.200. The number of nitrogens with one attached hydrogen (secondary N) is 2. The molecule has 17 heavy (non-hydrogen) atoms. The van der Waals surface area contributed by atoms with Crippen molar-refractivity contribution in [3.8, 4) is 5.75 Å². The van der Waals surface area contributed by atoms with E-state index in [1.165, 1.54) is 30.5 Å². The normalized spacial score (nSPS) is 10.6. The molecule has 0 saturated carbocycles. The molecule has 1 aromatic rings. The van der Waals surface area contributed by atoms with E-state index in [0.29, 0.717) is 5.69 Å². The number of hydrogen-bond donors (Lipinski definition) is 2. The van der Waals surface area contributed by atoms with Crippen LogP contribution in [0.4, 0.5) is 19.3 Å². The molecule has 0 aromatic heterocycles. The molecule has 0 heterocycles. The van der Waals surface area contributed by atoms with E-state index < -0.39 is 12.6 Å². The van der Waals surface area contributed by atoms with Crippen LogP contribution < -0.4 is 15.5 Å². The fourth-order valence-corrected chi connectivity index (χ4v) is 1.00. The van der Waals surface area contributed by atoms with Crippen molar-refractivity contribution in [1.82, 2.24) is 5.43 Å². The van der Waals surface area contributed by atoms with Gasteiger partial charge in [-0.05, 0) is 31.2 Å². The van der Waals surface area contributed by atoms with Crippen LogP contribution in [0.3, 0.4) is 0 Å². The van der Waals surface area contributed by atoms with Gasteiger partial charge in [-0.3, -0.25) is 0 Å². The highest BCUT2D eigenvalue weighted by molar-refractivity contribution is 5.89. The molecule has 92 valence electrons. The van der Waals surface area contributed by atoms with Gasteiger partial charge in [0.25, 0.3) is 0 Å². The summed E-state index contributed by atoms with van der Waals surface area (Å²) in [6.07, 6.45) is 1.42. The van der Waals surface area contributed by atoms with E-state index in [1.54, 1.807) is 6.92 Å². The Labute approximate surface area is 96.5 Å². The molecule has 0 spiro atoms. The number of hydrogen-bond acceptors (Lipinski definition) is 3. The minimum absolute atomic E-state index is 0.0255. The summed E-state index contributed by atoms with van der Waals surface area (Å²) in [5.74, 6) is 0.0255. The van der Waals surface area contributed by atoms with Crippen molar-refractivity contribution in [2.75, 3.05) is 5.32 Å². The minimum Gasteiger partial charge on any atom is -0.435 e. The number of halogens is 2. The van der Waals surface area contributed by atoms with Crippen LogP contribution in [0.2, 0.25) is 0 Å². The molecule has 1 rings (SSSR count). The number of anilines is 1. The van der Waals surface area contributed by atoms with Gasteiger partial charge in [-0.2, -0.15) is 13.9 Å². The molecule has 7 heteroatoms. The zero-order valence-corrected chi connectivity index (χ0v) is 8.98. The van der Waals surface area contributed by atoms with Crippen molar-refractivity contribution in [2.45, 2.75) is 13.5 Å². The van der Waals surface area contributed by atoms with Gasteiger partial charge in [-0.25, -0.2) is 10.2 Å². The molecular formula is C10H11F2N3O2. The van der Waals surface area contributed by atoms with E-state index in [4.69, 9.17) is 0 Å². The Morgan fingerprint density at radius 1 is 1.41 bits per heavy atom. The second-order valence-electron chi connectivity index (χ2n) is 2.86. The van der Waals surface area contributed by atoms with Gasteiger partial charge in [0.2, 0.25) is 0 Å². The highest BCUT2D eigenvalue weighted by Gasteiger charge is 2.04. The van der Waals surface area contributed by atoms with Gasteiger partial charge in [-0.1, -0.05) is 0 Å². The van der Waals surface area contributed by atoms with Crippen molar-refractivity contribution < 1.29 is 18.3 Å². The van der Waals surface area contributed by atoms with Crippen LogP contribution in [0.5, 0.6) is 5.75 Å². The van der Waals surface area contributed by atoms with Crippen LogP contribution in [0.25, 0.3) is 0 Å². The average molecular weight is 243 g/mol. The largest absolute Gasteiger partial charge is 0.435 e. The lowest BCUT2D eigenvalue weighted by Crippen LogP contribution is -2.23. The number of urea groups is 1. The van der Waals surface area contributed by atoms with Crippen LogP contribution in [-0.4, -0.2) is 18.9 Å². The molecule has 0 atom stereocenters. The van der Waals surface area contributed by atoms with Crippen molar-refractivity contribution in [2.24, 2.45) is 5.10 Å². The second kappa shape index (κ2) is 6.41. The number of rotatable bonds is 4. The topological polar surface area (TPSA) is 62.7 Å². The Hall–Kier alpha value is -2.18. The van der Waals surface area contributed by atoms with Crippen LogP contribution >= 0.6 is 0 Å². The maximum Gasteiger partial charge on any atom is 0.387 e. The molecule has 0 saturated heterocycles. The van der Waals surface area contributed by atoms with Gasteiger partial charge in [0.05, 0.1) is 0 Å². The summed E-state index contributed by atoms with van der Waals surface area (Å²) < 4.78 is 27.9. The first-order valence-electron chi connectivity index (χ1n) is 4.71. The van der Waals surface area contributed by atoms with E-state index in [2.05, 4.69) is 20.6 Å². The second-order valence-corrected chi connectivity index (χ2v) is 2.86. The number of carbonyl (C=O) groups is 1. The van der Waals surface area contributed by atoms with E-state index in [-0.39, 0.29) is 5.75 Å². The summed E-state index contributed by atoms with van der Waals surface area (Å²) in [4.78, 5) is 11.1. The maximum absolute atomic E-state index is 11.9. The Balaban J connectivity index is 2.53. The predicted octanol–water partition coefficient (Wildman–Crippen LogP) is 2.42. The third-order valence-corrected chi connectivity index (χ3v) is 1.63. The van der Waals surface area contributed by atoms with E-state index in [0.717, 1.165) is 0 Å². The molecule has 0 aliphatic heterocycles. The predicted molar refractivity (Wildman–Crippen MR) is 59.4 cm³/mol. The Kier molecular flexibility index (Phi) is 4.86. The highest BCUT2D eigenvalue weighted by Crippen LogP contribution is 2.17. The van der Waals surface area contributed by atoms with Crippen molar-refractivity contribution in [1.29, 1.82) is 0 Å². The molecular weight excluding hydrogens is 232 g/mol. The zero-order chi connectivity index (χ0) is 12.7. The summed E-state index contributed by atoms with van der Waals surface area (Å²) in [5, 5.41) is 5.96. The van der Waals surface area contributed by atoms with E-state index in [9.17, 15) is 13.6 Å². The Bertz CT molecular complexity index is 393. The molecule has 5 nitrogen and oxygen atoms in total. The lowest BCUT2D eigenvalue weighted by Gasteiger charge is -2.06. The number of carbonyl (C=O) groups excluding carboxylic acids is 1. The maximum atomic E-state index is 11.9. The van der Waals surface area contributed by atoms with Crippen LogP contribution in [0.15, 0.2) is 29.4 Å². The molecule has 0 aliphatic carbocycles. The molecule has 2 N–H and O–H groups in total. The lowest BCUT2D eigenvalue weighted by atomic mass is 10.3. The molecule has 2 amide bonds. The third kappa shape index (κ3) is 4.92. The van der Waals surface area contributed by atoms with Crippen LogP contribution in [0.1, 0.15) is 6.92 Å². The number of hydrazone groups is 1. The van der Waals surface area contributed by atoms with Gasteiger partial charge in [-0.15, -0.1) is 0 Å². The summed E-state index contributed by atoms with van der Waals surface area (Å²) in [5.41, 5.74) is 2.64. The van der Waals surface area contributed by atoms with E-state index in [1.807, 2.05) is 0 Å². The van der Waals surface area contributed by atoms with Gasteiger partial charge in [0.15, 0.2) is 0 Å². The van der Waals surface area contributed by atoms with Gasteiger partial charge in [0, 0.05) is 11.9 Å². The highest BCUT2D eigenvalue weighted by atomic mass is 19.3. The van der Waals surface area contributed by atoms with Gasteiger partial charge < -0.3 is 10.1 Å². The SMILES string of the molecule is CC=NNC(=O)Nc1ccc(OC(F)F)cc1. The first-order chi connectivity index (χ1) is 8.11. The molecule has 0 bridgehead atoms. The molecule has 0 aliphatic rings. The summed E-state index contributed by atoms with van der Waals surface area (Å²) in [7, 11) is 0. The summed E-state index contributed by atoms with van der Waals surface area (Å²) in [6, 6.07) is 5.00. The summed E-state index contributed by atoms with van der Waals surface area (Å²) >= 11 is 0. The number of alkyl halides is 2. The number of nitrogens with zero attached hydrogens (tertiary/aromatic N) is 1. The fourth-order valence-electron chi connectivity index (χ4n) is 1.00. The Morgan fingerprint density at radius 3 is 2.59 bits per heavy atom. The van der Waals surface area contributed by atoms with Crippen molar-refractivity contribution in [3.05, 3.63) is 24.3 Å². The molecule has 0 radical (unpaired) electrons. The van der Waals surface area contributed by atoms with Gasteiger partial charge >= 0.3 is 12.6 Å². The van der Waals surface area contributed by atoms with Crippen molar-refractivity contribution >= 4 is 17.9 Å². The van der Waals surface area contributed by atoms with Crippen LogP contribution in [-0.2, 0) is 0 Å². The monoisotopic (exact) mass is 243 g/mol. The standard InChI is InChI=1S/C10H11F2N3O2/c1-2-13-15-10(16)14-7-3-5-8(6-4-7)17-9(11)12/h2-6,9H,1H3,(H2,14,15,16). The first kappa shape index (κ1) is 12.9. The number of ether oxygens (including phenoxy) is 1. The van der Waals surface area contributed by atoms with Crippen LogP contribution in [0, 0.1) is 0 Å². The molecule has 1 aromatic carbocycles. The first-order valence-corrected chi connectivity index (χ1v) is 4.71. The summed E-state index contributed by atoms with van der Waals surface area (Å²) in [6.45, 7) is -1.22. The molecule has 0 fully saturated rings. The third-order valence-electron chi connectivity index (χ3n) is 1.63. The average Bonchev–Trinajstić information content (AvgIpc) is 2.28. The molecule has 0 unspecified atom stereocenters. The van der Waals surface area contributed by atoms with Crippen molar-refractivity contribution in [3.63, 3.8) is 0 Å². The smallest absolute Gasteiger partial charge is 0.387 e. The number of benzene rings is 1. The van der Waals surface area contributed by atoms with Gasteiger partial charge in [0.1, 0.15) is 5.75 Å². The lowest BCUT2D eigenvalue weighted by molar-refractivity contribution is -0.0498. The Morgan fingerprint density at radius 2 is 2.06 bits per heavy atom.